The van der Waals surface area contributed by atoms with E-state index in [2.05, 4.69) is 15.6 Å². The summed E-state index contributed by atoms with van der Waals surface area (Å²) >= 11 is 3.08. The van der Waals surface area contributed by atoms with Gasteiger partial charge in [-0.1, -0.05) is 30.3 Å². The maximum absolute atomic E-state index is 12.6. The summed E-state index contributed by atoms with van der Waals surface area (Å²) in [4.78, 5) is 29.4. The van der Waals surface area contributed by atoms with Gasteiger partial charge in [0.25, 0.3) is 0 Å². The molecule has 8 heteroatoms. The van der Waals surface area contributed by atoms with Crippen LogP contribution < -0.4 is 16.4 Å². The standard InChI is InChI=1S/C21H18N4O2S2/c22-21(27)25-16(17-9-4-10-28-17)12-19(26)23-14-6-3-5-13(11-14)20-24-15-7-1-2-8-18(15)29-20/h1-11,16H,12H2,(H,23,26)(H3,22,25,27). The molecule has 146 valence electrons. The van der Waals surface area contributed by atoms with Crippen LogP contribution in [0.1, 0.15) is 17.3 Å². The van der Waals surface area contributed by atoms with Crippen molar-refractivity contribution >= 4 is 50.5 Å². The largest absolute Gasteiger partial charge is 0.352 e. The Morgan fingerprint density at radius 3 is 2.69 bits per heavy atom. The number of carbonyl (C=O) groups excluding carboxylic acids is 2. The zero-order valence-corrected chi connectivity index (χ0v) is 16.9. The molecule has 3 amide bonds. The van der Waals surface area contributed by atoms with Crippen molar-refractivity contribution in [3.63, 3.8) is 0 Å². The first-order valence-corrected chi connectivity index (χ1v) is 10.6. The van der Waals surface area contributed by atoms with Crippen LogP contribution in [-0.4, -0.2) is 16.9 Å². The van der Waals surface area contributed by atoms with Gasteiger partial charge in [0.05, 0.1) is 22.7 Å². The minimum absolute atomic E-state index is 0.0921. The molecule has 2 heterocycles. The highest BCUT2D eigenvalue weighted by atomic mass is 32.1. The minimum atomic E-state index is -0.658. The third-order valence-corrected chi connectivity index (χ3v) is 6.35. The van der Waals surface area contributed by atoms with E-state index in [0.29, 0.717) is 5.69 Å². The second-order valence-electron chi connectivity index (χ2n) is 6.40. The summed E-state index contributed by atoms with van der Waals surface area (Å²) in [6, 6.07) is 18.2. The van der Waals surface area contributed by atoms with E-state index < -0.39 is 12.1 Å². The number of nitrogens with zero attached hydrogens (tertiary/aromatic N) is 1. The lowest BCUT2D eigenvalue weighted by molar-refractivity contribution is -0.116. The van der Waals surface area contributed by atoms with Crippen molar-refractivity contribution in [1.82, 2.24) is 10.3 Å². The zero-order valence-electron chi connectivity index (χ0n) is 15.3. The van der Waals surface area contributed by atoms with Gasteiger partial charge in [0.1, 0.15) is 5.01 Å². The van der Waals surface area contributed by atoms with Crippen LogP contribution in [0.25, 0.3) is 20.8 Å². The maximum atomic E-state index is 12.6. The number of thiazole rings is 1. The van der Waals surface area contributed by atoms with E-state index in [1.807, 2.05) is 66.0 Å². The molecule has 0 fully saturated rings. The van der Waals surface area contributed by atoms with E-state index in [1.54, 1.807) is 11.3 Å². The van der Waals surface area contributed by atoms with Crippen LogP contribution in [0, 0.1) is 0 Å². The molecule has 1 unspecified atom stereocenters. The molecule has 2 aromatic carbocycles. The summed E-state index contributed by atoms with van der Waals surface area (Å²) in [5.74, 6) is -0.210. The number of primary amides is 1. The summed E-state index contributed by atoms with van der Waals surface area (Å²) in [5, 5.41) is 8.32. The Bertz CT molecular complexity index is 1120. The number of aromatic nitrogens is 1. The van der Waals surface area contributed by atoms with E-state index in [9.17, 15) is 9.59 Å². The van der Waals surface area contributed by atoms with Crippen LogP contribution in [0.4, 0.5) is 10.5 Å². The second kappa shape index (κ2) is 8.42. The molecular formula is C21H18N4O2S2. The highest BCUT2D eigenvalue weighted by Gasteiger charge is 2.18. The van der Waals surface area contributed by atoms with Crippen molar-refractivity contribution in [3.8, 4) is 10.6 Å². The molecule has 0 saturated heterocycles. The van der Waals surface area contributed by atoms with Gasteiger partial charge < -0.3 is 16.4 Å². The average Bonchev–Trinajstić information content (AvgIpc) is 3.37. The fourth-order valence-corrected chi connectivity index (χ4v) is 4.75. The van der Waals surface area contributed by atoms with Gasteiger partial charge >= 0.3 is 6.03 Å². The number of nitrogens with two attached hydrogens (primary N) is 1. The smallest absolute Gasteiger partial charge is 0.312 e. The van der Waals surface area contributed by atoms with Crippen LogP contribution in [0.3, 0.4) is 0 Å². The zero-order chi connectivity index (χ0) is 20.2. The Morgan fingerprint density at radius 2 is 1.93 bits per heavy atom. The summed E-state index contributed by atoms with van der Waals surface area (Å²) < 4.78 is 1.12. The molecule has 4 aromatic rings. The molecule has 0 bridgehead atoms. The third-order valence-electron chi connectivity index (χ3n) is 4.28. The number of amides is 3. The number of hydrogen-bond donors (Lipinski definition) is 3. The molecule has 2 aromatic heterocycles. The Labute approximate surface area is 175 Å². The first kappa shape index (κ1) is 19.1. The van der Waals surface area contributed by atoms with E-state index in [1.165, 1.54) is 11.3 Å². The lowest BCUT2D eigenvalue weighted by Crippen LogP contribution is -2.34. The second-order valence-corrected chi connectivity index (χ2v) is 8.41. The molecule has 0 aliphatic heterocycles. The van der Waals surface area contributed by atoms with Crippen LogP contribution in [0.5, 0.6) is 0 Å². The van der Waals surface area contributed by atoms with Crippen molar-refractivity contribution in [2.75, 3.05) is 5.32 Å². The Kier molecular flexibility index (Phi) is 5.55. The normalized spacial score (nSPS) is 11.9. The predicted molar refractivity (Wildman–Crippen MR) is 118 cm³/mol. The number of fused-ring (bicyclic) bond motifs is 1. The molecule has 4 N–H and O–H groups in total. The molecular weight excluding hydrogens is 404 g/mol. The van der Waals surface area contributed by atoms with Crippen molar-refractivity contribution in [3.05, 3.63) is 70.9 Å². The predicted octanol–water partition coefficient (Wildman–Crippen LogP) is 4.76. The highest BCUT2D eigenvalue weighted by molar-refractivity contribution is 7.21. The highest BCUT2D eigenvalue weighted by Crippen LogP contribution is 2.31. The van der Waals surface area contributed by atoms with E-state index in [-0.39, 0.29) is 12.3 Å². The average molecular weight is 423 g/mol. The van der Waals surface area contributed by atoms with Gasteiger partial charge in [-0.3, -0.25) is 4.79 Å². The van der Waals surface area contributed by atoms with Crippen molar-refractivity contribution in [2.45, 2.75) is 12.5 Å². The lowest BCUT2D eigenvalue weighted by Gasteiger charge is -2.16. The van der Waals surface area contributed by atoms with Crippen LogP contribution in [-0.2, 0) is 4.79 Å². The number of carbonyl (C=O) groups is 2. The number of benzene rings is 2. The van der Waals surface area contributed by atoms with E-state index in [0.717, 1.165) is 25.7 Å². The van der Waals surface area contributed by atoms with Gasteiger partial charge in [-0.05, 0) is 35.7 Å². The maximum Gasteiger partial charge on any atom is 0.312 e. The summed E-state index contributed by atoms with van der Waals surface area (Å²) in [6.45, 7) is 0. The van der Waals surface area contributed by atoms with Gasteiger partial charge in [0, 0.05) is 16.1 Å². The van der Waals surface area contributed by atoms with Crippen molar-refractivity contribution in [1.29, 1.82) is 0 Å². The molecule has 4 rings (SSSR count). The van der Waals surface area contributed by atoms with E-state index in [4.69, 9.17) is 5.73 Å². The summed E-state index contributed by atoms with van der Waals surface area (Å²) in [7, 11) is 0. The van der Waals surface area contributed by atoms with Gasteiger partial charge in [-0.15, -0.1) is 22.7 Å². The molecule has 1 atom stereocenters. The Balaban J connectivity index is 1.49. The number of para-hydroxylation sites is 1. The fraction of sp³-hybridized carbons (Fsp3) is 0.0952. The molecule has 0 spiro atoms. The van der Waals surface area contributed by atoms with Crippen molar-refractivity contribution in [2.24, 2.45) is 5.73 Å². The molecule has 0 aliphatic rings. The summed E-state index contributed by atoms with van der Waals surface area (Å²) in [6.07, 6.45) is 0.0921. The summed E-state index contributed by atoms with van der Waals surface area (Å²) in [5.41, 5.74) is 7.83. The number of nitrogens with one attached hydrogen (secondary N) is 2. The fourth-order valence-electron chi connectivity index (χ4n) is 3.01. The number of hydrogen-bond acceptors (Lipinski definition) is 5. The topological polar surface area (TPSA) is 97.1 Å². The Hall–Kier alpha value is -3.23. The monoisotopic (exact) mass is 422 g/mol. The molecule has 0 aliphatic carbocycles. The molecule has 0 saturated carbocycles. The van der Waals surface area contributed by atoms with Crippen LogP contribution >= 0.6 is 22.7 Å². The first-order valence-electron chi connectivity index (χ1n) is 8.94. The number of thiophene rings is 1. The first-order chi connectivity index (χ1) is 14.1. The SMILES string of the molecule is NC(=O)NC(CC(=O)Nc1cccc(-c2nc3ccccc3s2)c1)c1cccs1. The Morgan fingerprint density at radius 1 is 1.07 bits per heavy atom. The molecule has 6 nitrogen and oxygen atoms in total. The molecule has 29 heavy (non-hydrogen) atoms. The molecule has 0 radical (unpaired) electrons. The van der Waals surface area contributed by atoms with Gasteiger partial charge in [0.2, 0.25) is 5.91 Å². The lowest BCUT2D eigenvalue weighted by atomic mass is 10.1. The number of anilines is 1. The van der Waals surface area contributed by atoms with Gasteiger partial charge in [0.15, 0.2) is 0 Å². The van der Waals surface area contributed by atoms with Gasteiger partial charge in [-0.25, -0.2) is 9.78 Å². The van der Waals surface area contributed by atoms with Crippen molar-refractivity contribution < 1.29 is 9.59 Å². The number of urea groups is 1. The van der Waals surface area contributed by atoms with E-state index >= 15 is 0 Å². The van der Waals surface area contributed by atoms with Crippen LogP contribution in [0.2, 0.25) is 0 Å². The number of rotatable bonds is 6. The third kappa shape index (κ3) is 4.61. The minimum Gasteiger partial charge on any atom is -0.352 e. The van der Waals surface area contributed by atoms with Gasteiger partial charge in [-0.2, -0.15) is 0 Å². The quantitative estimate of drug-likeness (QED) is 0.418. The van der Waals surface area contributed by atoms with Crippen LogP contribution in [0.15, 0.2) is 66.0 Å².